The van der Waals surface area contributed by atoms with Gasteiger partial charge in [-0.1, -0.05) is 25.1 Å². The molecule has 0 aliphatic carbocycles. The van der Waals surface area contributed by atoms with Gasteiger partial charge in [0.25, 0.3) is 5.91 Å². The first-order chi connectivity index (χ1) is 14.1. The largest absolute Gasteiger partial charge is 0.494 e. The van der Waals surface area contributed by atoms with E-state index >= 15 is 0 Å². The molecule has 0 bridgehead atoms. The molecule has 0 saturated heterocycles. The number of carbonyl (C=O) groups excluding carboxylic acids is 1. The number of anilines is 1. The van der Waals surface area contributed by atoms with E-state index in [1.807, 2.05) is 37.3 Å². The third kappa shape index (κ3) is 3.89. The second kappa shape index (κ2) is 8.09. The summed E-state index contributed by atoms with van der Waals surface area (Å²) in [5.74, 6) is 0.500. The maximum atomic E-state index is 12.9. The smallest absolute Gasteiger partial charge is 0.276 e. The summed E-state index contributed by atoms with van der Waals surface area (Å²) >= 11 is 0. The highest BCUT2D eigenvalue weighted by molar-refractivity contribution is 6.03. The topological polar surface area (TPSA) is 59.4 Å². The van der Waals surface area contributed by atoms with Crippen LogP contribution in [0.4, 0.5) is 5.69 Å². The lowest BCUT2D eigenvalue weighted by Crippen LogP contribution is -2.17. The number of benzene rings is 2. The molecule has 1 aliphatic rings. The van der Waals surface area contributed by atoms with Crippen molar-refractivity contribution in [1.29, 1.82) is 0 Å². The Morgan fingerprint density at radius 1 is 1.21 bits per heavy atom. The molecule has 0 atom stereocenters. The van der Waals surface area contributed by atoms with E-state index in [9.17, 15) is 4.79 Å². The van der Waals surface area contributed by atoms with Crippen molar-refractivity contribution in [2.24, 2.45) is 0 Å². The molecular weight excluding hydrogens is 364 g/mol. The van der Waals surface area contributed by atoms with Crippen molar-refractivity contribution in [3.63, 3.8) is 0 Å². The second-order valence-electron chi connectivity index (χ2n) is 7.43. The van der Waals surface area contributed by atoms with Crippen molar-refractivity contribution in [3.05, 3.63) is 71.0 Å². The van der Waals surface area contributed by atoms with E-state index < -0.39 is 0 Å². The Hall–Kier alpha value is -3.12. The molecule has 0 fully saturated rings. The predicted octanol–water partition coefficient (Wildman–Crippen LogP) is 4.17. The lowest BCUT2D eigenvalue weighted by molar-refractivity contribution is 0.102. The Kier molecular flexibility index (Phi) is 5.36. The molecular formula is C23H26N4O2. The summed E-state index contributed by atoms with van der Waals surface area (Å²) in [6.07, 6.45) is 2.90. The van der Waals surface area contributed by atoms with Crippen LogP contribution in [0, 0.1) is 6.92 Å². The van der Waals surface area contributed by atoms with Gasteiger partial charge in [-0.25, -0.2) is 4.68 Å². The number of nitrogens with one attached hydrogen (secondary N) is 1. The van der Waals surface area contributed by atoms with Crippen molar-refractivity contribution < 1.29 is 9.53 Å². The molecule has 2 heterocycles. The third-order valence-corrected chi connectivity index (χ3v) is 5.24. The Morgan fingerprint density at radius 3 is 2.86 bits per heavy atom. The molecule has 6 nitrogen and oxygen atoms in total. The van der Waals surface area contributed by atoms with Gasteiger partial charge in [0.15, 0.2) is 5.69 Å². The fourth-order valence-corrected chi connectivity index (χ4v) is 3.83. The summed E-state index contributed by atoms with van der Waals surface area (Å²) in [7, 11) is 1.63. The average molecular weight is 390 g/mol. The minimum absolute atomic E-state index is 0.210. The number of nitrogens with zero attached hydrogens (tertiary/aromatic N) is 3. The highest BCUT2D eigenvalue weighted by atomic mass is 16.5. The van der Waals surface area contributed by atoms with Crippen LogP contribution in [-0.4, -0.2) is 34.2 Å². The molecule has 1 aliphatic heterocycles. The average Bonchev–Trinajstić information content (AvgIpc) is 3.36. The number of rotatable bonds is 6. The van der Waals surface area contributed by atoms with Gasteiger partial charge in [0.05, 0.1) is 7.11 Å². The van der Waals surface area contributed by atoms with Crippen LogP contribution >= 0.6 is 0 Å². The van der Waals surface area contributed by atoms with Crippen molar-refractivity contribution in [2.45, 2.75) is 33.4 Å². The van der Waals surface area contributed by atoms with Crippen LogP contribution in [0.15, 0.2) is 48.7 Å². The van der Waals surface area contributed by atoms with Gasteiger partial charge in [-0.2, -0.15) is 5.10 Å². The molecule has 3 aromatic rings. The Labute approximate surface area is 171 Å². The summed E-state index contributed by atoms with van der Waals surface area (Å²) in [5, 5.41) is 7.53. The molecule has 150 valence electrons. The van der Waals surface area contributed by atoms with Crippen LogP contribution in [0.5, 0.6) is 5.75 Å². The van der Waals surface area contributed by atoms with Gasteiger partial charge in [0.1, 0.15) is 11.4 Å². The minimum atomic E-state index is -0.210. The zero-order chi connectivity index (χ0) is 20.4. The summed E-state index contributed by atoms with van der Waals surface area (Å²) < 4.78 is 7.11. The first kappa shape index (κ1) is 19.2. The van der Waals surface area contributed by atoms with Crippen LogP contribution in [0.3, 0.4) is 0 Å². The lowest BCUT2D eigenvalue weighted by atomic mass is 10.1. The van der Waals surface area contributed by atoms with Crippen molar-refractivity contribution in [1.82, 2.24) is 14.7 Å². The van der Waals surface area contributed by atoms with E-state index in [0.717, 1.165) is 43.0 Å². The van der Waals surface area contributed by atoms with E-state index in [1.54, 1.807) is 24.1 Å². The summed E-state index contributed by atoms with van der Waals surface area (Å²) in [5.41, 5.74) is 5.63. The van der Waals surface area contributed by atoms with Gasteiger partial charge in [0, 0.05) is 25.0 Å². The minimum Gasteiger partial charge on any atom is -0.494 e. The molecule has 0 unspecified atom stereocenters. The van der Waals surface area contributed by atoms with Gasteiger partial charge < -0.3 is 10.1 Å². The first-order valence-corrected chi connectivity index (χ1v) is 9.94. The maximum absolute atomic E-state index is 12.9. The maximum Gasteiger partial charge on any atom is 0.276 e. The van der Waals surface area contributed by atoms with Gasteiger partial charge in [-0.05, 0) is 60.8 Å². The molecule has 6 heteroatoms. The van der Waals surface area contributed by atoms with Gasteiger partial charge in [-0.3, -0.25) is 9.69 Å². The van der Waals surface area contributed by atoms with Crippen LogP contribution in [0.2, 0.25) is 0 Å². The number of hydrogen-bond donors (Lipinski definition) is 1. The first-order valence-electron chi connectivity index (χ1n) is 9.94. The molecule has 1 aromatic heterocycles. The molecule has 29 heavy (non-hydrogen) atoms. The van der Waals surface area contributed by atoms with Crippen molar-refractivity contribution in [2.75, 3.05) is 19.0 Å². The monoisotopic (exact) mass is 390 g/mol. The normalized spacial score (nSPS) is 13.3. The molecule has 2 aromatic carbocycles. The van der Waals surface area contributed by atoms with Crippen molar-refractivity contribution in [3.8, 4) is 11.4 Å². The highest BCUT2D eigenvalue weighted by Gasteiger charge is 2.22. The standard InChI is InChI=1S/C23H26N4O2/c1-4-11-26-14-17-6-5-7-19(18(17)15-26)24-23(28)20-10-12-27(25-20)21-13-16(2)8-9-22(21)29-3/h5-10,12-13H,4,11,14-15H2,1-3H3,(H,24,28). The lowest BCUT2D eigenvalue weighted by Gasteiger charge is -2.13. The SMILES string of the molecule is CCCN1Cc2cccc(NC(=O)c3ccn(-c4cc(C)ccc4OC)n3)c2C1. The molecule has 0 radical (unpaired) electrons. The van der Waals surface area contributed by atoms with E-state index in [-0.39, 0.29) is 5.91 Å². The van der Waals surface area contributed by atoms with Gasteiger partial charge >= 0.3 is 0 Å². The van der Waals surface area contributed by atoms with Crippen LogP contribution in [-0.2, 0) is 13.1 Å². The number of methoxy groups -OCH3 is 1. The number of aryl methyl sites for hydroxylation is 1. The van der Waals surface area contributed by atoms with Gasteiger partial charge in [0.2, 0.25) is 0 Å². The zero-order valence-corrected chi connectivity index (χ0v) is 17.1. The number of fused-ring (bicyclic) bond motifs is 1. The third-order valence-electron chi connectivity index (χ3n) is 5.24. The number of aromatic nitrogens is 2. The summed E-state index contributed by atoms with van der Waals surface area (Å²) in [6.45, 7) is 7.07. The number of ether oxygens (including phenoxy) is 1. The Bertz CT molecular complexity index is 1040. The Balaban J connectivity index is 1.55. The van der Waals surface area contributed by atoms with Crippen LogP contribution in [0.25, 0.3) is 5.69 Å². The number of amides is 1. The molecule has 0 saturated carbocycles. The summed E-state index contributed by atoms with van der Waals surface area (Å²) in [6, 6.07) is 13.7. The number of hydrogen-bond acceptors (Lipinski definition) is 4. The van der Waals surface area contributed by atoms with E-state index in [4.69, 9.17) is 4.74 Å². The fourth-order valence-electron chi connectivity index (χ4n) is 3.83. The molecule has 0 spiro atoms. The quantitative estimate of drug-likeness (QED) is 0.686. The predicted molar refractivity (Wildman–Crippen MR) is 114 cm³/mol. The van der Waals surface area contributed by atoms with E-state index in [1.165, 1.54) is 11.1 Å². The number of carbonyl (C=O) groups is 1. The van der Waals surface area contributed by atoms with Crippen molar-refractivity contribution >= 4 is 11.6 Å². The molecule has 4 rings (SSSR count). The fraction of sp³-hybridized carbons (Fsp3) is 0.304. The molecule has 1 N–H and O–H groups in total. The van der Waals surface area contributed by atoms with E-state index in [2.05, 4.69) is 28.3 Å². The summed E-state index contributed by atoms with van der Waals surface area (Å²) in [4.78, 5) is 15.3. The van der Waals surface area contributed by atoms with Gasteiger partial charge in [-0.15, -0.1) is 0 Å². The second-order valence-corrected chi connectivity index (χ2v) is 7.43. The van der Waals surface area contributed by atoms with E-state index in [0.29, 0.717) is 11.4 Å². The zero-order valence-electron chi connectivity index (χ0n) is 17.1. The Morgan fingerprint density at radius 2 is 2.07 bits per heavy atom. The van der Waals surface area contributed by atoms with Crippen LogP contribution < -0.4 is 10.1 Å². The molecule has 1 amide bonds. The highest BCUT2D eigenvalue weighted by Crippen LogP contribution is 2.30. The van der Waals surface area contributed by atoms with Crippen LogP contribution in [0.1, 0.15) is 40.5 Å².